The zero-order valence-electron chi connectivity index (χ0n) is 9.65. The van der Waals surface area contributed by atoms with E-state index in [-0.39, 0.29) is 17.4 Å². The van der Waals surface area contributed by atoms with Gasteiger partial charge in [-0.15, -0.1) is 0 Å². The number of pyridine rings is 1. The van der Waals surface area contributed by atoms with Crippen molar-refractivity contribution in [2.24, 2.45) is 0 Å². The molecule has 1 aromatic rings. The smallest absolute Gasteiger partial charge is 0.273 e. The summed E-state index contributed by atoms with van der Waals surface area (Å²) in [6.07, 6.45) is 8.15. The number of nitrogens with one attached hydrogen (secondary N) is 1. The van der Waals surface area contributed by atoms with Crippen LogP contribution in [0.5, 0.6) is 5.75 Å². The number of allylic oxidation sites excluding steroid dienone is 1. The molecule has 0 bridgehead atoms. The first kappa shape index (κ1) is 11.6. The third kappa shape index (κ3) is 3.06. The lowest BCUT2D eigenvalue weighted by Gasteiger charge is -2.06. The van der Waals surface area contributed by atoms with Crippen molar-refractivity contribution in [1.29, 1.82) is 0 Å². The summed E-state index contributed by atoms with van der Waals surface area (Å²) in [7, 11) is 0. The molecule has 1 aromatic heterocycles. The average molecular weight is 232 g/mol. The van der Waals surface area contributed by atoms with E-state index in [2.05, 4.69) is 16.4 Å². The Hall–Kier alpha value is -1.84. The van der Waals surface area contributed by atoms with Crippen LogP contribution in [0, 0.1) is 0 Å². The van der Waals surface area contributed by atoms with Crippen molar-refractivity contribution in [2.45, 2.75) is 25.7 Å². The zero-order valence-corrected chi connectivity index (χ0v) is 9.65. The maximum atomic E-state index is 11.7. The predicted octanol–water partition coefficient (Wildman–Crippen LogP) is 2.02. The van der Waals surface area contributed by atoms with Crippen molar-refractivity contribution >= 4 is 5.91 Å². The van der Waals surface area contributed by atoms with Crippen LogP contribution in [0.3, 0.4) is 0 Å². The van der Waals surface area contributed by atoms with Gasteiger partial charge in [0.15, 0.2) is 5.69 Å². The Labute approximate surface area is 100 Å². The van der Waals surface area contributed by atoms with Gasteiger partial charge in [0, 0.05) is 12.7 Å². The highest BCUT2D eigenvalue weighted by Crippen LogP contribution is 2.19. The van der Waals surface area contributed by atoms with Gasteiger partial charge in [-0.2, -0.15) is 0 Å². The van der Waals surface area contributed by atoms with Crippen LogP contribution in [0.2, 0.25) is 0 Å². The summed E-state index contributed by atoms with van der Waals surface area (Å²) in [5.74, 6) is -0.397. The molecule has 0 radical (unpaired) electrons. The van der Waals surface area contributed by atoms with Gasteiger partial charge in [-0.25, -0.2) is 4.98 Å². The lowest BCUT2D eigenvalue weighted by molar-refractivity contribution is 0.0946. The number of aromatic hydroxyl groups is 1. The Kier molecular flexibility index (Phi) is 3.75. The molecule has 2 N–H and O–H groups in total. The first-order chi connectivity index (χ1) is 8.27. The highest BCUT2D eigenvalue weighted by atomic mass is 16.3. The molecule has 90 valence electrons. The molecule has 4 heteroatoms. The minimum Gasteiger partial charge on any atom is -0.505 e. The zero-order chi connectivity index (χ0) is 12.1. The number of carbonyl (C=O) groups excluding carboxylic acids is 1. The molecule has 0 atom stereocenters. The average Bonchev–Trinajstić information content (AvgIpc) is 2.82. The maximum Gasteiger partial charge on any atom is 0.273 e. The number of nitrogens with zero attached hydrogens (tertiary/aromatic N) is 1. The lowest BCUT2D eigenvalue weighted by Crippen LogP contribution is -2.25. The number of carbonyl (C=O) groups is 1. The van der Waals surface area contributed by atoms with Crippen LogP contribution in [-0.4, -0.2) is 22.5 Å². The van der Waals surface area contributed by atoms with Gasteiger partial charge >= 0.3 is 0 Å². The Morgan fingerprint density at radius 3 is 3.12 bits per heavy atom. The molecule has 0 fully saturated rings. The summed E-state index contributed by atoms with van der Waals surface area (Å²) in [5, 5.41) is 12.2. The fraction of sp³-hybridized carbons (Fsp3) is 0.385. The topological polar surface area (TPSA) is 62.2 Å². The first-order valence-corrected chi connectivity index (χ1v) is 5.87. The Balaban J connectivity index is 1.83. The molecule has 0 saturated heterocycles. The Morgan fingerprint density at radius 2 is 2.41 bits per heavy atom. The molecule has 4 nitrogen and oxygen atoms in total. The van der Waals surface area contributed by atoms with Crippen molar-refractivity contribution in [1.82, 2.24) is 10.3 Å². The molecule has 1 amide bonds. The molecule has 17 heavy (non-hydrogen) atoms. The van der Waals surface area contributed by atoms with Gasteiger partial charge in [0.1, 0.15) is 5.75 Å². The van der Waals surface area contributed by atoms with E-state index in [1.165, 1.54) is 24.3 Å². The maximum absolute atomic E-state index is 11.7. The van der Waals surface area contributed by atoms with E-state index in [4.69, 9.17) is 0 Å². The fourth-order valence-corrected chi connectivity index (χ4v) is 1.96. The van der Waals surface area contributed by atoms with Crippen LogP contribution in [-0.2, 0) is 0 Å². The summed E-state index contributed by atoms with van der Waals surface area (Å²) in [6, 6.07) is 3.05. The highest BCUT2D eigenvalue weighted by molar-refractivity contribution is 5.94. The van der Waals surface area contributed by atoms with Crippen molar-refractivity contribution in [3.8, 4) is 5.75 Å². The summed E-state index contributed by atoms with van der Waals surface area (Å²) in [4.78, 5) is 15.5. The van der Waals surface area contributed by atoms with E-state index in [1.807, 2.05) is 0 Å². The number of hydrogen-bond acceptors (Lipinski definition) is 3. The second-order valence-electron chi connectivity index (χ2n) is 4.13. The number of hydrogen-bond donors (Lipinski definition) is 2. The van der Waals surface area contributed by atoms with Gasteiger partial charge in [0.05, 0.1) is 0 Å². The molecular formula is C13H16N2O2. The molecule has 0 unspecified atom stereocenters. The van der Waals surface area contributed by atoms with E-state index >= 15 is 0 Å². The van der Waals surface area contributed by atoms with Crippen LogP contribution in [0.25, 0.3) is 0 Å². The minimum atomic E-state index is -0.318. The minimum absolute atomic E-state index is 0.0786. The lowest BCUT2D eigenvalue weighted by atomic mass is 10.1. The van der Waals surface area contributed by atoms with Crippen molar-refractivity contribution in [3.05, 3.63) is 35.7 Å². The summed E-state index contributed by atoms with van der Waals surface area (Å²) in [5.41, 5.74) is 1.50. The molecule has 0 spiro atoms. The van der Waals surface area contributed by atoms with E-state index in [0.717, 1.165) is 19.3 Å². The van der Waals surface area contributed by atoms with Gasteiger partial charge in [-0.1, -0.05) is 11.6 Å². The van der Waals surface area contributed by atoms with Crippen LogP contribution in [0.15, 0.2) is 30.0 Å². The van der Waals surface area contributed by atoms with Crippen molar-refractivity contribution < 1.29 is 9.90 Å². The second kappa shape index (κ2) is 5.48. The largest absolute Gasteiger partial charge is 0.505 e. The standard InChI is InChI=1S/C13H16N2O2/c16-11-6-3-8-14-12(11)13(17)15-9-7-10-4-1-2-5-10/h3-4,6,8,16H,1-2,5,7,9H2,(H,15,17). The van der Waals surface area contributed by atoms with Crippen molar-refractivity contribution in [3.63, 3.8) is 0 Å². The second-order valence-corrected chi connectivity index (χ2v) is 4.13. The number of aromatic nitrogens is 1. The Morgan fingerprint density at radius 1 is 1.53 bits per heavy atom. The summed E-state index contributed by atoms with van der Waals surface area (Å²) >= 11 is 0. The molecule has 0 aliphatic heterocycles. The van der Waals surface area contributed by atoms with Gasteiger partial charge in [0.25, 0.3) is 5.91 Å². The Bertz CT molecular complexity index is 441. The van der Waals surface area contributed by atoms with Gasteiger partial charge in [-0.05, 0) is 37.8 Å². The predicted molar refractivity (Wildman–Crippen MR) is 64.8 cm³/mol. The monoisotopic (exact) mass is 232 g/mol. The summed E-state index contributed by atoms with van der Waals surface area (Å²) < 4.78 is 0. The number of amides is 1. The van der Waals surface area contributed by atoms with Crippen LogP contribution in [0.4, 0.5) is 0 Å². The van der Waals surface area contributed by atoms with E-state index < -0.39 is 0 Å². The number of rotatable bonds is 4. The fourth-order valence-electron chi connectivity index (χ4n) is 1.96. The molecule has 0 aromatic carbocycles. The third-order valence-corrected chi connectivity index (χ3v) is 2.87. The third-order valence-electron chi connectivity index (χ3n) is 2.87. The molecule has 1 aliphatic rings. The summed E-state index contributed by atoms with van der Waals surface area (Å²) in [6.45, 7) is 0.598. The van der Waals surface area contributed by atoms with E-state index in [9.17, 15) is 9.90 Å². The quantitative estimate of drug-likeness (QED) is 0.781. The van der Waals surface area contributed by atoms with Crippen LogP contribution in [0.1, 0.15) is 36.2 Å². The molecule has 1 heterocycles. The van der Waals surface area contributed by atoms with Crippen LogP contribution < -0.4 is 5.32 Å². The highest BCUT2D eigenvalue weighted by Gasteiger charge is 2.11. The molecular weight excluding hydrogens is 216 g/mol. The molecule has 0 saturated carbocycles. The van der Waals surface area contributed by atoms with E-state index in [0.29, 0.717) is 6.54 Å². The molecule has 1 aliphatic carbocycles. The van der Waals surface area contributed by atoms with Crippen molar-refractivity contribution in [2.75, 3.05) is 6.54 Å². The van der Waals surface area contributed by atoms with Gasteiger partial charge < -0.3 is 10.4 Å². The first-order valence-electron chi connectivity index (χ1n) is 5.87. The van der Waals surface area contributed by atoms with E-state index in [1.54, 1.807) is 6.07 Å². The SMILES string of the molecule is O=C(NCCC1=CCCC1)c1ncccc1O. The molecule has 2 rings (SSSR count). The normalized spacial score (nSPS) is 14.5. The van der Waals surface area contributed by atoms with Gasteiger partial charge in [0.2, 0.25) is 0 Å². The van der Waals surface area contributed by atoms with Crippen LogP contribution >= 0.6 is 0 Å². The van der Waals surface area contributed by atoms with Gasteiger partial charge in [-0.3, -0.25) is 4.79 Å².